The first-order chi connectivity index (χ1) is 4.74. The highest BCUT2D eigenvalue weighted by molar-refractivity contribution is 4.85. The number of nitrogens with zero attached hydrogens (tertiary/aromatic N) is 3. The zero-order valence-electron chi connectivity index (χ0n) is 6.54. The molecule has 0 aromatic heterocycles. The van der Waals surface area contributed by atoms with Crippen LogP contribution < -0.4 is 0 Å². The van der Waals surface area contributed by atoms with Crippen LogP contribution in [0.25, 0.3) is 0 Å². The molecule has 0 aliphatic carbocycles. The maximum atomic E-state index is 8.54. The van der Waals surface area contributed by atoms with Crippen molar-refractivity contribution in [2.75, 3.05) is 27.2 Å². The van der Waals surface area contributed by atoms with Crippen LogP contribution in [0, 0.1) is 11.5 Å². The highest BCUT2D eigenvalue weighted by Crippen LogP contribution is 2.10. The van der Waals surface area contributed by atoms with Gasteiger partial charge in [-0.15, -0.1) is 0 Å². The number of rotatable bonds is 1. The van der Waals surface area contributed by atoms with Crippen LogP contribution in [0.15, 0.2) is 0 Å². The maximum Gasteiger partial charge on any atom is 0.179 e. The van der Waals surface area contributed by atoms with E-state index in [1.54, 1.807) is 4.90 Å². The van der Waals surface area contributed by atoms with E-state index in [9.17, 15) is 0 Å². The van der Waals surface area contributed by atoms with Gasteiger partial charge in [-0.2, -0.15) is 5.26 Å². The summed E-state index contributed by atoms with van der Waals surface area (Å²) >= 11 is 0. The van der Waals surface area contributed by atoms with E-state index in [1.165, 1.54) is 0 Å². The molecule has 0 aromatic carbocycles. The molecular weight excluding hydrogens is 126 g/mol. The van der Waals surface area contributed by atoms with E-state index in [-0.39, 0.29) is 0 Å². The molecule has 0 saturated carbocycles. The summed E-state index contributed by atoms with van der Waals surface area (Å²) in [7, 11) is 3.94. The zero-order chi connectivity index (χ0) is 7.56. The smallest absolute Gasteiger partial charge is 0.179 e. The Morgan fingerprint density at radius 3 is 2.80 bits per heavy atom. The molecule has 1 unspecified atom stereocenters. The highest BCUT2D eigenvalue weighted by Gasteiger charge is 2.21. The lowest BCUT2D eigenvalue weighted by molar-refractivity contribution is 0.327. The van der Waals surface area contributed by atoms with Gasteiger partial charge in [-0.25, -0.2) is 0 Å². The summed E-state index contributed by atoms with van der Waals surface area (Å²) in [6.45, 7) is 2.15. The molecule has 3 nitrogen and oxygen atoms in total. The Balaban J connectivity index is 2.39. The van der Waals surface area contributed by atoms with Gasteiger partial charge >= 0.3 is 0 Å². The van der Waals surface area contributed by atoms with Gasteiger partial charge in [0, 0.05) is 13.6 Å². The Bertz CT molecular complexity index is 149. The summed E-state index contributed by atoms with van der Waals surface area (Å²) in [5.41, 5.74) is 0. The first-order valence-corrected chi connectivity index (χ1v) is 3.55. The Kier molecular flexibility index (Phi) is 2.13. The fraction of sp³-hybridized carbons (Fsp3) is 0.857. The molecule has 10 heavy (non-hydrogen) atoms. The van der Waals surface area contributed by atoms with Gasteiger partial charge in [-0.3, -0.25) is 0 Å². The van der Waals surface area contributed by atoms with Gasteiger partial charge in [0.15, 0.2) is 6.19 Å². The van der Waals surface area contributed by atoms with Crippen molar-refractivity contribution in [2.24, 2.45) is 0 Å². The van der Waals surface area contributed by atoms with E-state index >= 15 is 0 Å². The summed E-state index contributed by atoms with van der Waals surface area (Å²) in [5.74, 6) is 0. The van der Waals surface area contributed by atoms with Gasteiger partial charge in [0.05, 0.1) is 6.04 Å². The third-order valence-corrected chi connectivity index (χ3v) is 2.07. The normalized spacial score (nSPS) is 26.3. The van der Waals surface area contributed by atoms with Crippen LogP contribution in [-0.4, -0.2) is 43.0 Å². The average molecular weight is 139 g/mol. The van der Waals surface area contributed by atoms with Gasteiger partial charge in [0.2, 0.25) is 0 Å². The van der Waals surface area contributed by atoms with Gasteiger partial charge < -0.3 is 9.80 Å². The monoisotopic (exact) mass is 139 g/mol. The average Bonchev–Trinajstić information content (AvgIpc) is 2.34. The minimum Gasteiger partial charge on any atom is -0.309 e. The van der Waals surface area contributed by atoms with Crippen LogP contribution in [-0.2, 0) is 0 Å². The largest absolute Gasteiger partial charge is 0.309 e. The summed E-state index contributed by atoms with van der Waals surface area (Å²) < 4.78 is 0. The zero-order valence-corrected chi connectivity index (χ0v) is 6.54. The minimum absolute atomic E-state index is 0.454. The van der Waals surface area contributed by atoms with Crippen LogP contribution in [0.3, 0.4) is 0 Å². The molecule has 0 N–H and O–H groups in total. The topological polar surface area (TPSA) is 30.3 Å². The number of likely N-dealkylation sites (tertiary alicyclic amines) is 1. The molecule has 0 aromatic rings. The molecule has 1 saturated heterocycles. The summed E-state index contributed by atoms with van der Waals surface area (Å²) in [6.07, 6.45) is 3.26. The van der Waals surface area contributed by atoms with E-state index in [2.05, 4.69) is 18.1 Å². The van der Waals surface area contributed by atoms with Crippen LogP contribution in [0.4, 0.5) is 0 Å². The van der Waals surface area contributed by atoms with Gasteiger partial charge in [0.25, 0.3) is 0 Å². The molecule has 3 heteroatoms. The third kappa shape index (κ3) is 1.39. The van der Waals surface area contributed by atoms with Crippen molar-refractivity contribution in [2.45, 2.75) is 12.5 Å². The predicted molar refractivity (Wildman–Crippen MR) is 39.3 cm³/mol. The second kappa shape index (κ2) is 2.89. The Morgan fingerprint density at radius 2 is 2.40 bits per heavy atom. The quantitative estimate of drug-likeness (QED) is 0.381. The van der Waals surface area contributed by atoms with Crippen LogP contribution >= 0.6 is 0 Å². The van der Waals surface area contributed by atoms with Crippen LogP contribution in [0.2, 0.25) is 0 Å². The second-order valence-electron chi connectivity index (χ2n) is 2.92. The van der Waals surface area contributed by atoms with Gasteiger partial charge in [0.1, 0.15) is 0 Å². The lowest BCUT2D eigenvalue weighted by Gasteiger charge is -2.16. The van der Waals surface area contributed by atoms with E-state index in [0.29, 0.717) is 6.04 Å². The summed E-state index contributed by atoms with van der Waals surface area (Å²) in [5, 5.41) is 8.54. The SMILES string of the molecule is CN1CCC(N(C)C#N)C1. The van der Waals surface area contributed by atoms with Gasteiger partial charge in [-0.1, -0.05) is 0 Å². The molecule has 1 aliphatic heterocycles. The molecule has 0 bridgehead atoms. The Hall–Kier alpha value is -0.750. The number of nitriles is 1. The van der Waals surface area contributed by atoms with Crippen LogP contribution in [0.5, 0.6) is 0 Å². The van der Waals surface area contributed by atoms with Crippen molar-refractivity contribution in [3.8, 4) is 6.19 Å². The third-order valence-electron chi connectivity index (χ3n) is 2.07. The highest BCUT2D eigenvalue weighted by atomic mass is 15.2. The van der Waals surface area contributed by atoms with E-state index in [4.69, 9.17) is 5.26 Å². The molecular formula is C7H13N3. The first kappa shape index (κ1) is 7.36. The fourth-order valence-electron chi connectivity index (χ4n) is 1.31. The van der Waals surface area contributed by atoms with Crippen molar-refractivity contribution in [3.63, 3.8) is 0 Å². The maximum absolute atomic E-state index is 8.54. The van der Waals surface area contributed by atoms with E-state index in [0.717, 1.165) is 19.5 Å². The second-order valence-corrected chi connectivity index (χ2v) is 2.92. The van der Waals surface area contributed by atoms with Crippen molar-refractivity contribution < 1.29 is 0 Å². The van der Waals surface area contributed by atoms with Crippen molar-refractivity contribution >= 4 is 0 Å². The van der Waals surface area contributed by atoms with Crippen molar-refractivity contribution in [1.82, 2.24) is 9.80 Å². The Morgan fingerprint density at radius 1 is 1.70 bits per heavy atom. The molecule has 1 rings (SSSR count). The molecule has 0 spiro atoms. The number of likely N-dealkylation sites (N-methyl/N-ethyl adjacent to an activating group) is 2. The lowest BCUT2D eigenvalue weighted by Crippen LogP contribution is -2.29. The molecule has 56 valence electrons. The van der Waals surface area contributed by atoms with E-state index < -0.39 is 0 Å². The molecule has 1 atom stereocenters. The van der Waals surface area contributed by atoms with E-state index in [1.807, 2.05) is 7.05 Å². The van der Waals surface area contributed by atoms with Crippen molar-refractivity contribution in [3.05, 3.63) is 0 Å². The molecule has 1 aliphatic rings. The fourth-order valence-corrected chi connectivity index (χ4v) is 1.31. The van der Waals surface area contributed by atoms with Crippen molar-refractivity contribution in [1.29, 1.82) is 5.26 Å². The standard InChI is InChI=1S/C7H13N3/c1-9-4-3-7(5-9)10(2)6-8/h7H,3-5H2,1-2H3. The number of hydrogen-bond donors (Lipinski definition) is 0. The minimum atomic E-state index is 0.454. The molecule has 1 fully saturated rings. The molecule has 0 radical (unpaired) electrons. The molecule has 1 heterocycles. The predicted octanol–water partition coefficient (Wildman–Crippen LogP) is 0.103. The van der Waals surface area contributed by atoms with Gasteiger partial charge in [-0.05, 0) is 20.0 Å². The Labute approximate surface area is 61.8 Å². The lowest BCUT2D eigenvalue weighted by atomic mass is 10.2. The molecule has 0 amide bonds. The summed E-state index contributed by atoms with van der Waals surface area (Å²) in [6, 6.07) is 0.454. The summed E-state index contributed by atoms with van der Waals surface area (Å²) in [4.78, 5) is 3.99. The first-order valence-electron chi connectivity index (χ1n) is 3.55. The van der Waals surface area contributed by atoms with Crippen LogP contribution in [0.1, 0.15) is 6.42 Å². The number of hydrogen-bond acceptors (Lipinski definition) is 3.